The van der Waals surface area contributed by atoms with Crippen LogP contribution in [-0.4, -0.2) is 12.5 Å². The van der Waals surface area contributed by atoms with Gasteiger partial charge in [-0.2, -0.15) is 13.2 Å². The van der Waals surface area contributed by atoms with E-state index < -0.39 is 23.3 Å². The number of ether oxygens (including phenoxy) is 1. The molecule has 1 heterocycles. The minimum atomic E-state index is -4.70. The van der Waals surface area contributed by atoms with Crippen molar-refractivity contribution < 1.29 is 27.1 Å². The van der Waals surface area contributed by atoms with Crippen LogP contribution in [0.4, 0.5) is 13.2 Å². The minimum Gasteiger partial charge on any atom is -0.484 e. The van der Waals surface area contributed by atoms with Crippen LogP contribution in [0.2, 0.25) is 5.02 Å². The summed E-state index contributed by atoms with van der Waals surface area (Å²) >= 11 is 5.86. The Morgan fingerprint density at radius 3 is 2.64 bits per heavy atom. The van der Waals surface area contributed by atoms with E-state index in [-0.39, 0.29) is 29.9 Å². The molecule has 0 radical (unpaired) electrons. The molecule has 146 valence electrons. The average molecular weight is 412 g/mol. The maximum atomic E-state index is 13.0. The van der Waals surface area contributed by atoms with Gasteiger partial charge >= 0.3 is 11.8 Å². The highest BCUT2D eigenvalue weighted by Crippen LogP contribution is 2.34. The van der Waals surface area contributed by atoms with Crippen LogP contribution in [0.15, 0.2) is 57.7 Å². The predicted molar refractivity (Wildman–Crippen MR) is 96.3 cm³/mol. The van der Waals surface area contributed by atoms with E-state index in [0.29, 0.717) is 11.1 Å². The van der Waals surface area contributed by atoms with E-state index in [2.05, 4.69) is 5.32 Å². The summed E-state index contributed by atoms with van der Waals surface area (Å²) in [4.78, 5) is 23.3. The smallest absolute Gasteiger partial charge is 0.417 e. The highest BCUT2D eigenvalue weighted by molar-refractivity contribution is 6.30. The Bertz CT molecular complexity index is 1080. The topological polar surface area (TPSA) is 68.5 Å². The number of rotatable bonds is 5. The zero-order chi connectivity index (χ0) is 20.3. The zero-order valence-corrected chi connectivity index (χ0v) is 14.9. The number of carbonyl (C=O) groups excluding carboxylic acids is 1. The molecule has 0 unspecified atom stereocenters. The van der Waals surface area contributed by atoms with Crippen molar-refractivity contribution in [1.82, 2.24) is 5.32 Å². The molecule has 0 fully saturated rings. The molecule has 1 amide bonds. The number of nitrogens with one attached hydrogen (secondary N) is 1. The van der Waals surface area contributed by atoms with E-state index in [0.717, 1.165) is 17.7 Å². The zero-order valence-electron chi connectivity index (χ0n) is 14.2. The van der Waals surface area contributed by atoms with Crippen LogP contribution in [0.5, 0.6) is 5.75 Å². The number of benzene rings is 2. The van der Waals surface area contributed by atoms with Crippen LogP contribution < -0.4 is 15.7 Å². The lowest BCUT2D eigenvalue weighted by atomic mass is 10.1. The van der Waals surface area contributed by atoms with E-state index in [1.54, 1.807) is 24.3 Å². The van der Waals surface area contributed by atoms with Crippen molar-refractivity contribution in [3.05, 3.63) is 75.1 Å². The summed E-state index contributed by atoms with van der Waals surface area (Å²) in [5.41, 5.74) is -1.70. The summed E-state index contributed by atoms with van der Waals surface area (Å²) in [5, 5.41) is 2.89. The van der Waals surface area contributed by atoms with Crippen molar-refractivity contribution in [2.45, 2.75) is 12.7 Å². The third-order valence-corrected chi connectivity index (χ3v) is 4.01. The van der Waals surface area contributed by atoms with Crippen LogP contribution in [0.3, 0.4) is 0 Å². The van der Waals surface area contributed by atoms with E-state index in [9.17, 15) is 22.8 Å². The number of carbonyl (C=O) groups is 1. The Labute approximate surface area is 161 Å². The molecule has 0 atom stereocenters. The second-order valence-corrected chi connectivity index (χ2v) is 6.27. The maximum Gasteiger partial charge on any atom is 0.417 e. The normalized spacial score (nSPS) is 11.4. The van der Waals surface area contributed by atoms with Gasteiger partial charge in [0.05, 0.1) is 5.56 Å². The second-order valence-electron chi connectivity index (χ2n) is 5.83. The van der Waals surface area contributed by atoms with E-state index >= 15 is 0 Å². The van der Waals surface area contributed by atoms with Crippen molar-refractivity contribution in [1.29, 1.82) is 0 Å². The summed E-state index contributed by atoms with van der Waals surface area (Å²) in [6, 6.07) is 10.9. The summed E-state index contributed by atoms with van der Waals surface area (Å²) in [6.07, 6.45) is -4.70. The molecule has 3 aromatic rings. The SMILES string of the molecule is O=C(COc1ccc2c(C(F)(F)F)cc(=O)oc2c1)NCc1cccc(Cl)c1. The van der Waals surface area contributed by atoms with Gasteiger partial charge in [0.25, 0.3) is 5.91 Å². The van der Waals surface area contributed by atoms with Crippen LogP contribution in [0, 0.1) is 0 Å². The molecule has 0 bridgehead atoms. The first-order valence-electron chi connectivity index (χ1n) is 8.01. The molecule has 0 aliphatic heterocycles. The number of fused-ring (bicyclic) bond motifs is 1. The molecule has 28 heavy (non-hydrogen) atoms. The molecular weight excluding hydrogens is 399 g/mol. The Kier molecular flexibility index (Phi) is 5.60. The van der Waals surface area contributed by atoms with Crippen molar-refractivity contribution >= 4 is 28.5 Å². The van der Waals surface area contributed by atoms with Crippen molar-refractivity contribution in [3.63, 3.8) is 0 Å². The van der Waals surface area contributed by atoms with Crippen LogP contribution >= 0.6 is 11.6 Å². The van der Waals surface area contributed by atoms with Crippen molar-refractivity contribution in [2.75, 3.05) is 6.61 Å². The van der Waals surface area contributed by atoms with E-state index in [4.69, 9.17) is 20.8 Å². The molecule has 1 aromatic heterocycles. The van der Waals surface area contributed by atoms with E-state index in [1.165, 1.54) is 6.07 Å². The first kappa shape index (κ1) is 19.8. The van der Waals surface area contributed by atoms with Gasteiger partial charge < -0.3 is 14.5 Å². The van der Waals surface area contributed by atoms with Crippen molar-refractivity contribution in [2.24, 2.45) is 0 Å². The van der Waals surface area contributed by atoms with Crippen LogP contribution in [0.1, 0.15) is 11.1 Å². The van der Waals surface area contributed by atoms with Gasteiger partial charge in [0, 0.05) is 29.1 Å². The fraction of sp³-hybridized carbons (Fsp3) is 0.158. The lowest BCUT2D eigenvalue weighted by Gasteiger charge is -2.11. The third-order valence-electron chi connectivity index (χ3n) is 3.77. The van der Waals surface area contributed by atoms with Gasteiger partial charge in [0.2, 0.25) is 0 Å². The summed E-state index contributed by atoms with van der Waals surface area (Å²) < 4.78 is 49.2. The number of amides is 1. The molecular formula is C19H13ClF3NO4. The largest absolute Gasteiger partial charge is 0.484 e. The fourth-order valence-corrected chi connectivity index (χ4v) is 2.73. The van der Waals surface area contributed by atoms with E-state index in [1.807, 2.05) is 0 Å². The molecule has 0 saturated heterocycles. The molecule has 0 aliphatic rings. The Balaban J connectivity index is 1.67. The summed E-state index contributed by atoms with van der Waals surface area (Å²) in [6.45, 7) is -0.125. The second kappa shape index (κ2) is 7.93. The van der Waals surface area contributed by atoms with Gasteiger partial charge in [-0.1, -0.05) is 23.7 Å². The molecule has 5 nitrogen and oxygen atoms in total. The standard InChI is InChI=1S/C19H13ClF3NO4/c20-12-3-1-2-11(6-12)9-24-17(25)10-27-13-4-5-14-15(19(21,22)23)8-18(26)28-16(14)7-13/h1-8H,9-10H2,(H,24,25). The highest BCUT2D eigenvalue weighted by atomic mass is 35.5. The third kappa shape index (κ3) is 4.83. The van der Waals surface area contributed by atoms with Gasteiger partial charge in [-0.15, -0.1) is 0 Å². The fourth-order valence-electron chi connectivity index (χ4n) is 2.51. The quantitative estimate of drug-likeness (QED) is 0.640. The van der Waals surface area contributed by atoms with Gasteiger partial charge in [-0.3, -0.25) is 4.79 Å². The number of alkyl halides is 3. The number of hydrogen-bond donors (Lipinski definition) is 1. The Morgan fingerprint density at radius 1 is 1.14 bits per heavy atom. The van der Waals surface area contributed by atoms with Gasteiger partial charge in [0.15, 0.2) is 6.61 Å². The maximum absolute atomic E-state index is 13.0. The average Bonchev–Trinajstić information content (AvgIpc) is 2.63. The lowest BCUT2D eigenvalue weighted by Crippen LogP contribution is -2.28. The minimum absolute atomic E-state index is 0.0906. The van der Waals surface area contributed by atoms with Gasteiger partial charge in [0.1, 0.15) is 11.3 Å². The van der Waals surface area contributed by atoms with Crippen LogP contribution in [0.25, 0.3) is 11.0 Å². The van der Waals surface area contributed by atoms with Gasteiger partial charge in [-0.25, -0.2) is 4.79 Å². The highest BCUT2D eigenvalue weighted by Gasteiger charge is 2.33. The molecule has 0 saturated carbocycles. The molecule has 1 N–H and O–H groups in total. The Hall–Kier alpha value is -3.00. The molecule has 9 heteroatoms. The molecule has 0 aliphatic carbocycles. The summed E-state index contributed by atoms with van der Waals surface area (Å²) in [5.74, 6) is -0.349. The van der Waals surface area contributed by atoms with Crippen LogP contribution in [-0.2, 0) is 17.5 Å². The Morgan fingerprint density at radius 2 is 1.93 bits per heavy atom. The molecule has 0 spiro atoms. The van der Waals surface area contributed by atoms with Gasteiger partial charge in [-0.05, 0) is 29.8 Å². The molecule has 2 aromatic carbocycles. The predicted octanol–water partition coefficient (Wildman–Crippen LogP) is 4.16. The monoisotopic (exact) mass is 411 g/mol. The number of hydrogen-bond acceptors (Lipinski definition) is 4. The lowest BCUT2D eigenvalue weighted by molar-refractivity contribution is -0.136. The summed E-state index contributed by atoms with van der Waals surface area (Å²) in [7, 11) is 0. The van der Waals surface area contributed by atoms with Crippen molar-refractivity contribution in [3.8, 4) is 5.75 Å². The molecule has 3 rings (SSSR count). The first-order chi connectivity index (χ1) is 13.2. The first-order valence-corrected chi connectivity index (χ1v) is 8.39. The number of halogens is 4.